The van der Waals surface area contributed by atoms with E-state index in [0.717, 1.165) is 0 Å². The van der Waals surface area contributed by atoms with Gasteiger partial charge >= 0.3 is 18.0 Å². The molecule has 0 radical (unpaired) electrons. The van der Waals surface area contributed by atoms with Gasteiger partial charge in [-0.05, 0) is 19.8 Å². The summed E-state index contributed by atoms with van der Waals surface area (Å²) in [6.45, 7) is 7.32. The molecule has 2 atom stereocenters. The molecule has 0 fully saturated rings. The Kier molecular flexibility index (Phi) is 8.35. The van der Waals surface area contributed by atoms with E-state index in [4.69, 9.17) is 9.84 Å². The number of likely N-dealkylation sites (N-methyl/N-ethyl adjacent to an activating group) is 1. The highest BCUT2D eigenvalue weighted by atomic mass is 16.5. The van der Waals surface area contributed by atoms with Crippen molar-refractivity contribution in [2.75, 3.05) is 19.7 Å². The third kappa shape index (κ3) is 5.90. The lowest BCUT2D eigenvalue weighted by atomic mass is 9.99. The number of carboxylic acid groups (broad SMARTS) is 1. The molecule has 0 aliphatic heterocycles. The highest BCUT2D eigenvalue weighted by molar-refractivity contribution is 5.85. The number of esters is 1. The zero-order chi connectivity index (χ0) is 15.7. The number of carbonyl (C=O) groups is 3. The van der Waals surface area contributed by atoms with Crippen LogP contribution in [0.2, 0.25) is 0 Å². The number of carbonyl (C=O) groups excluding carboxylic acids is 2. The number of amides is 2. The molecule has 0 rings (SSSR count). The predicted octanol–water partition coefficient (Wildman–Crippen LogP) is 1.08. The number of aliphatic carboxylic acids is 1. The molecule has 2 amide bonds. The molecule has 0 spiro atoms. The second-order valence-electron chi connectivity index (χ2n) is 4.47. The zero-order valence-electron chi connectivity index (χ0n) is 12.5. The van der Waals surface area contributed by atoms with Crippen LogP contribution in [-0.4, -0.2) is 53.7 Å². The fraction of sp³-hybridized carbons (Fsp3) is 0.769. The Labute approximate surface area is 119 Å². The van der Waals surface area contributed by atoms with Crippen molar-refractivity contribution in [2.45, 2.75) is 40.2 Å². The maximum absolute atomic E-state index is 12.0. The summed E-state index contributed by atoms with van der Waals surface area (Å²) in [4.78, 5) is 35.7. The molecular weight excluding hydrogens is 264 g/mol. The maximum Gasteiger partial charge on any atom is 0.326 e. The fourth-order valence-electron chi connectivity index (χ4n) is 1.60. The van der Waals surface area contributed by atoms with Gasteiger partial charge in [-0.2, -0.15) is 0 Å². The van der Waals surface area contributed by atoms with Gasteiger partial charge in [-0.25, -0.2) is 9.59 Å². The molecule has 20 heavy (non-hydrogen) atoms. The molecule has 0 bridgehead atoms. The van der Waals surface area contributed by atoms with Gasteiger partial charge in [0.25, 0.3) is 0 Å². The molecule has 0 saturated carbocycles. The van der Waals surface area contributed by atoms with Crippen LogP contribution in [0.4, 0.5) is 4.79 Å². The lowest BCUT2D eigenvalue weighted by Gasteiger charge is -2.25. The van der Waals surface area contributed by atoms with E-state index in [2.05, 4.69) is 5.32 Å². The first-order valence-corrected chi connectivity index (χ1v) is 6.81. The quantitative estimate of drug-likeness (QED) is 0.652. The second-order valence-corrected chi connectivity index (χ2v) is 4.47. The first kappa shape index (κ1) is 18.2. The first-order valence-electron chi connectivity index (χ1n) is 6.81. The van der Waals surface area contributed by atoms with Crippen LogP contribution in [0.3, 0.4) is 0 Å². The predicted molar refractivity (Wildman–Crippen MR) is 73.3 cm³/mol. The van der Waals surface area contributed by atoms with Crippen molar-refractivity contribution in [1.29, 1.82) is 0 Å². The Hall–Kier alpha value is -1.79. The van der Waals surface area contributed by atoms with Crippen molar-refractivity contribution >= 4 is 18.0 Å². The van der Waals surface area contributed by atoms with E-state index in [1.54, 1.807) is 20.8 Å². The third-order valence-corrected chi connectivity index (χ3v) is 3.05. The zero-order valence-corrected chi connectivity index (χ0v) is 12.5. The second kappa shape index (κ2) is 9.17. The van der Waals surface area contributed by atoms with Crippen molar-refractivity contribution in [3.8, 4) is 0 Å². The van der Waals surface area contributed by atoms with E-state index >= 15 is 0 Å². The molecule has 0 saturated heterocycles. The minimum atomic E-state index is -1.08. The molecule has 116 valence electrons. The van der Waals surface area contributed by atoms with Crippen LogP contribution in [-0.2, 0) is 14.3 Å². The van der Waals surface area contributed by atoms with Crippen molar-refractivity contribution in [1.82, 2.24) is 10.2 Å². The molecule has 7 nitrogen and oxygen atoms in total. The SMILES string of the molecule is CCOC(=O)CN(CC)C(=O)N[C@H](C(=O)O)C(C)CC. The van der Waals surface area contributed by atoms with E-state index in [1.165, 1.54) is 4.90 Å². The summed E-state index contributed by atoms with van der Waals surface area (Å²) in [5, 5.41) is 11.6. The first-order chi connectivity index (χ1) is 9.37. The monoisotopic (exact) mass is 288 g/mol. The Morgan fingerprint density at radius 1 is 1.25 bits per heavy atom. The standard InChI is InChI=1S/C13H24N2O5/c1-5-9(4)11(12(17)18)14-13(19)15(6-2)8-10(16)20-7-3/h9,11H,5-8H2,1-4H3,(H,14,19)(H,17,18)/t9?,11-/m0/s1. The fourth-order valence-corrected chi connectivity index (χ4v) is 1.60. The van der Waals surface area contributed by atoms with Crippen molar-refractivity contribution in [3.05, 3.63) is 0 Å². The number of rotatable bonds is 8. The van der Waals surface area contributed by atoms with Gasteiger partial charge in [-0.15, -0.1) is 0 Å². The smallest absolute Gasteiger partial charge is 0.326 e. The topological polar surface area (TPSA) is 95.9 Å². The van der Waals surface area contributed by atoms with E-state index in [9.17, 15) is 14.4 Å². The number of ether oxygens (including phenoxy) is 1. The van der Waals surface area contributed by atoms with Crippen molar-refractivity contribution in [2.24, 2.45) is 5.92 Å². The number of carboxylic acids is 1. The number of hydrogen-bond acceptors (Lipinski definition) is 4. The Balaban J connectivity index is 4.67. The summed E-state index contributed by atoms with van der Waals surface area (Å²) >= 11 is 0. The number of nitrogens with zero attached hydrogens (tertiary/aromatic N) is 1. The highest BCUT2D eigenvalue weighted by Gasteiger charge is 2.27. The molecule has 0 aromatic heterocycles. The molecule has 1 unspecified atom stereocenters. The van der Waals surface area contributed by atoms with Gasteiger partial charge in [0, 0.05) is 6.54 Å². The third-order valence-electron chi connectivity index (χ3n) is 3.05. The Bertz CT molecular complexity index is 346. The van der Waals surface area contributed by atoms with Gasteiger partial charge in [0.1, 0.15) is 12.6 Å². The summed E-state index contributed by atoms with van der Waals surface area (Å²) in [5.74, 6) is -1.79. The van der Waals surface area contributed by atoms with Gasteiger partial charge in [-0.1, -0.05) is 20.3 Å². The van der Waals surface area contributed by atoms with Crippen LogP contribution >= 0.6 is 0 Å². The minimum Gasteiger partial charge on any atom is -0.480 e. The maximum atomic E-state index is 12.0. The normalized spacial score (nSPS) is 13.2. The number of nitrogens with one attached hydrogen (secondary N) is 1. The van der Waals surface area contributed by atoms with Gasteiger partial charge < -0.3 is 20.1 Å². The molecule has 0 aliphatic rings. The van der Waals surface area contributed by atoms with Crippen LogP contribution in [0.1, 0.15) is 34.1 Å². The van der Waals surface area contributed by atoms with E-state index in [-0.39, 0.29) is 25.6 Å². The average Bonchev–Trinajstić information content (AvgIpc) is 2.40. The number of urea groups is 1. The largest absolute Gasteiger partial charge is 0.480 e. The summed E-state index contributed by atoms with van der Waals surface area (Å²) in [5.41, 5.74) is 0. The van der Waals surface area contributed by atoms with Crippen LogP contribution < -0.4 is 5.32 Å². The van der Waals surface area contributed by atoms with Crippen molar-refractivity contribution in [3.63, 3.8) is 0 Å². The van der Waals surface area contributed by atoms with Gasteiger partial charge in [0.2, 0.25) is 0 Å². The van der Waals surface area contributed by atoms with Crippen LogP contribution in [0.5, 0.6) is 0 Å². The van der Waals surface area contributed by atoms with E-state index in [1.807, 2.05) is 6.92 Å². The molecule has 7 heteroatoms. The highest BCUT2D eigenvalue weighted by Crippen LogP contribution is 2.08. The van der Waals surface area contributed by atoms with Crippen LogP contribution in [0.15, 0.2) is 0 Å². The molecule has 0 heterocycles. The van der Waals surface area contributed by atoms with Crippen LogP contribution in [0, 0.1) is 5.92 Å². The van der Waals surface area contributed by atoms with Gasteiger partial charge in [-0.3, -0.25) is 4.79 Å². The molecule has 0 aromatic carbocycles. The van der Waals surface area contributed by atoms with Crippen LogP contribution in [0.25, 0.3) is 0 Å². The Morgan fingerprint density at radius 3 is 2.25 bits per heavy atom. The van der Waals surface area contributed by atoms with Gasteiger partial charge in [0.05, 0.1) is 6.61 Å². The molecular formula is C13H24N2O5. The molecule has 0 aromatic rings. The van der Waals surface area contributed by atoms with E-state index < -0.39 is 24.0 Å². The summed E-state index contributed by atoms with van der Waals surface area (Å²) in [7, 11) is 0. The molecule has 2 N–H and O–H groups in total. The summed E-state index contributed by atoms with van der Waals surface area (Å²) < 4.78 is 4.77. The summed E-state index contributed by atoms with van der Waals surface area (Å²) in [6.07, 6.45) is 0.626. The minimum absolute atomic E-state index is 0.191. The average molecular weight is 288 g/mol. The van der Waals surface area contributed by atoms with E-state index in [0.29, 0.717) is 6.42 Å². The summed E-state index contributed by atoms with van der Waals surface area (Å²) in [6, 6.07) is -1.54. The van der Waals surface area contributed by atoms with Crippen molar-refractivity contribution < 1.29 is 24.2 Å². The molecule has 0 aliphatic carbocycles. The Morgan fingerprint density at radius 2 is 1.85 bits per heavy atom. The van der Waals surface area contributed by atoms with Gasteiger partial charge in [0.15, 0.2) is 0 Å². The number of hydrogen-bond donors (Lipinski definition) is 2. The lowest BCUT2D eigenvalue weighted by Crippen LogP contribution is -2.51. The lowest BCUT2D eigenvalue weighted by molar-refractivity contribution is -0.143.